The Morgan fingerprint density at radius 3 is 2.50 bits per heavy atom. The average molecular weight is 449 g/mol. The first-order valence-corrected chi connectivity index (χ1v) is 9.79. The van der Waals surface area contributed by atoms with Crippen molar-refractivity contribution in [3.05, 3.63) is 57.6 Å². The molecular formula is C21H18Cl2N2O5. The van der Waals surface area contributed by atoms with Crippen molar-refractivity contribution in [3.63, 3.8) is 0 Å². The van der Waals surface area contributed by atoms with Crippen molar-refractivity contribution in [2.45, 2.75) is 13.3 Å². The normalized spacial score (nSPS) is 15.4. The lowest BCUT2D eigenvalue weighted by atomic mass is 10.1. The predicted octanol–water partition coefficient (Wildman–Crippen LogP) is 4.46. The number of carbonyl (C=O) groups is 3. The molecule has 1 heterocycles. The van der Waals surface area contributed by atoms with E-state index in [1.165, 1.54) is 25.3 Å². The van der Waals surface area contributed by atoms with Gasteiger partial charge in [0, 0.05) is 0 Å². The van der Waals surface area contributed by atoms with Crippen molar-refractivity contribution in [2.24, 2.45) is 0 Å². The number of hydrogen-bond donors (Lipinski definition) is 1. The number of imide groups is 2. The Balaban J connectivity index is 2.02. The molecule has 0 aliphatic carbocycles. The summed E-state index contributed by atoms with van der Waals surface area (Å²) in [6, 6.07) is 8.58. The summed E-state index contributed by atoms with van der Waals surface area (Å²) in [5, 5.41) is 2.60. The van der Waals surface area contributed by atoms with E-state index in [0.29, 0.717) is 23.7 Å². The number of ether oxygens (including phenoxy) is 2. The molecule has 2 aromatic carbocycles. The Kier molecular flexibility index (Phi) is 6.64. The van der Waals surface area contributed by atoms with E-state index < -0.39 is 17.8 Å². The van der Waals surface area contributed by atoms with Gasteiger partial charge in [-0.3, -0.25) is 14.9 Å². The number of nitrogens with one attached hydrogen (secondary N) is 1. The molecule has 0 bridgehead atoms. The third-order valence-electron chi connectivity index (χ3n) is 4.21. The van der Waals surface area contributed by atoms with Gasteiger partial charge in [0.05, 0.1) is 29.4 Å². The van der Waals surface area contributed by atoms with Crippen molar-refractivity contribution in [3.8, 4) is 11.5 Å². The molecule has 0 radical (unpaired) electrons. The summed E-state index contributed by atoms with van der Waals surface area (Å²) in [5.74, 6) is -0.908. The van der Waals surface area contributed by atoms with Gasteiger partial charge in [-0.1, -0.05) is 42.3 Å². The van der Waals surface area contributed by atoms with Crippen LogP contribution in [0.2, 0.25) is 10.0 Å². The molecule has 1 fully saturated rings. The lowest BCUT2D eigenvalue weighted by Crippen LogP contribution is -2.54. The van der Waals surface area contributed by atoms with Crippen LogP contribution in [0.1, 0.15) is 18.9 Å². The number of para-hydroxylation sites is 1. The number of barbiturate groups is 1. The average Bonchev–Trinajstić information content (AvgIpc) is 2.71. The predicted molar refractivity (Wildman–Crippen MR) is 114 cm³/mol. The number of rotatable bonds is 6. The molecule has 3 rings (SSSR count). The van der Waals surface area contributed by atoms with Crippen LogP contribution in [-0.4, -0.2) is 31.6 Å². The summed E-state index contributed by atoms with van der Waals surface area (Å²) < 4.78 is 10.9. The quantitative estimate of drug-likeness (QED) is 0.520. The summed E-state index contributed by atoms with van der Waals surface area (Å²) >= 11 is 12.4. The molecule has 30 heavy (non-hydrogen) atoms. The minimum absolute atomic E-state index is 0.166. The number of benzene rings is 2. The molecule has 0 spiro atoms. The highest BCUT2D eigenvalue weighted by atomic mass is 35.5. The molecule has 2 aromatic rings. The van der Waals surface area contributed by atoms with Crippen molar-refractivity contribution in [1.82, 2.24) is 5.32 Å². The minimum Gasteiger partial charge on any atom is -0.493 e. The SMILES string of the molecule is CCCOc1c(Cl)cc(/C=C2\C(=O)NC(=O)N(c3ccccc3Cl)C2=O)cc1OC. The third-order valence-corrected chi connectivity index (χ3v) is 4.81. The zero-order valence-corrected chi connectivity index (χ0v) is 17.7. The Bertz CT molecular complexity index is 1050. The van der Waals surface area contributed by atoms with Gasteiger partial charge in [0.2, 0.25) is 0 Å². The molecule has 7 nitrogen and oxygen atoms in total. The first-order valence-electron chi connectivity index (χ1n) is 9.03. The van der Waals surface area contributed by atoms with Crippen LogP contribution in [0, 0.1) is 0 Å². The molecule has 1 saturated heterocycles. The van der Waals surface area contributed by atoms with Crippen LogP contribution in [0.3, 0.4) is 0 Å². The second kappa shape index (κ2) is 9.19. The van der Waals surface area contributed by atoms with E-state index in [4.69, 9.17) is 32.7 Å². The van der Waals surface area contributed by atoms with Crippen molar-refractivity contribution < 1.29 is 23.9 Å². The van der Waals surface area contributed by atoms with Gasteiger partial charge in [-0.2, -0.15) is 0 Å². The van der Waals surface area contributed by atoms with Gasteiger partial charge in [-0.05, 0) is 42.3 Å². The first kappa shape index (κ1) is 21.7. The van der Waals surface area contributed by atoms with E-state index in [9.17, 15) is 14.4 Å². The van der Waals surface area contributed by atoms with Crippen LogP contribution in [0.5, 0.6) is 11.5 Å². The molecule has 0 aromatic heterocycles. The number of hydrogen-bond acceptors (Lipinski definition) is 5. The van der Waals surface area contributed by atoms with E-state index in [1.54, 1.807) is 24.3 Å². The number of urea groups is 1. The first-order chi connectivity index (χ1) is 14.4. The maximum atomic E-state index is 13.0. The number of halogens is 2. The topological polar surface area (TPSA) is 84.9 Å². The highest BCUT2D eigenvalue weighted by Crippen LogP contribution is 2.37. The van der Waals surface area contributed by atoms with E-state index in [1.807, 2.05) is 6.92 Å². The zero-order chi connectivity index (χ0) is 21.8. The second-order valence-corrected chi connectivity index (χ2v) is 7.11. The fourth-order valence-electron chi connectivity index (χ4n) is 2.84. The van der Waals surface area contributed by atoms with Gasteiger partial charge in [0.25, 0.3) is 11.8 Å². The Morgan fingerprint density at radius 1 is 1.10 bits per heavy atom. The van der Waals surface area contributed by atoms with Gasteiger partial charge in [-0.25, -0.2) is 9.69 Å². The van der Waals surface area contributed by atoms with E-state index in [-0.39, 0.29) is 21.3 Å². The maximum absolute atomic E-state index is 13.0. The van der Waals surface area contributed by atoms with Crippen LogP contribution in [0.15, 0.2) is 42.0 Å². The number of anilines is 1. The zero-order valence-electron chi connectivity index (χ0n) is 16.2. The van der Waals surface area contributed by atoms with Crippen LogP contribution < -0.4 is 19.7 Å². The highest BCUT2D eigenvalue weighted by Gasteiger charge is 2.37. The summed E-state index contributed by atoms with van der Waals surface area (Å²) in [7, 11) is 1.46. The summed E-state index contributed by atoms with van der Waals surface area (Å²) in [6.45, 7) is 2.41. The van der Waals surface area contributed by atoms with Gasteiger partial charge >= 0.3 is 6.03 Å². The lowest BCUT2D eigenvalue weighted by Gasteiger charge is -2.27. The van der Waals surface area contributed by atoms with Crippen molar-refractivity contribution in [2.75, 3.05) is 18.6 Å². The van der Waals surface area contributed by atoms with Crippen LogP contribution in [0.4, 0.5) is 10.5 Å². The van der Waals surface area contributed by atoms with Crippen LogP contribution in [-0.2, 0) is 9.59 Å². The molecule has 4 amide bonds. The summed E-state index contributed by atoms with van der Waals surface area (Å²) in [4.78, 5) is 38.4. The van der Waals surface area contributed by atoms with Crippen LogP contribution in [0.25, 0.3) is 6.08 Å². The number of nitrogens with zero attached hydrogens (tertiary/aromatic N) is 1. The monoisotopic (exact) mass is 448 g/mol. The van der Waals surface area contributed by atoms with Crippen molar-refractivity contribution in [1.29, 1.82) is 0 Å². The smallest absolute Gasteiger partial charge is 0.335 e. The Hall–Kier alpha value is -3.03. The van der Waals surface area contributed by atoms with Gasteiger partial charge < -0.3 is 9.47 Å². The molecule has 0 saturated carbocycles. The third kappa shape index (κ3) is 4.27. The Morgan fingerprint density at radius 2 is 1.83 bits per heavy atom. The standard InChI is InChI=1S/C21H18Cl2N2O5/c1-3-8-30-18-15(23)10-12(11-17(18)29-2)9-13-19(26)24-21(28)25(20(13)27)16-7-5-4-6-14(16)22/h4-7,9-11H,3,8H2,1-2H3,(H,24,26,28)/b13-9+. The summed E-state index contributed by atoms with van der Waals surface area (Å²) in [5.41, 5.74) is 0.335. The van der Waals surface area contributed by atoms with E-state index in [0.717, 1.165) is 11.3 Å². The lowest BCUT2D eigenvalue weighted by molar-refractivity contribution is -0.122. The number of amides is 4. The van der Waals surface area contributed by atoms with Crippen molar-refractivity contribution >= 4 is 52.8 Å². The molecule has 0 atom stereocenters. The molecule has 1 N–H and O–H groups in total. The molecule has 9 heteroatoms. The highest BCUT2D eigenvalue weighted by molar-refractivity contribution is 6.42. The van der Waals surface area contributed by atoms with E-state index >= 15 is 0 Å². The fraction of sp³-hybridized carbons (Fsp3) is 0.190. The molecule has 0 unspecified atom stereocenters. The Labute approximate surface area is 183 Å². The van der Waals surface area contributed by atoms with Crippen LogP contribution >= 0.6 is 23.2 Å². The molecule has 1 aliphatic heterocycles. The minimum atomic E-state index is -0.880. The van der Waals surface area contributed by atoms with E-state index in [2.05, 4.69) is 5.32 Å². The number of carbonyl (C=O) groups excluding carboxylic acids is 3. The fourth-order valence-corrected chi connectivity index (χ4v) is 3.34. The molecule has 156 valence electrons. The maximum Gasteiger partial charge on any atom is 0.335 e. The summed E-state index contributed by atoms with van der Waals surface area (Å²) in [6.07, 6.45) is 2.11. The van der Waals surface area contributed by atoms with Gasteiger partial charge in [-0.15, -0.1) is 0 Å². The molecular weight excluding hydrogens is 431 g/mol. The number of methoxy groups -OCH3 is 1. The molecule has 1 aliphatic rings. The van der Waals surface area contributed by atoms with Gasteiger partial charge in [0.1, 0.15) is 5.57 Å². The van der Waals surface area contributed by atoms with Gasteiger partial charge in [0.15, 0.2) is 11.5 Å². The second-order valence-electron chi connectivity index (χ2n) is 6.29. The largest absolute Gasteiger partial charge is 0.493 e.